The molecule has 0 fully saturated rings. The lowest BCUT2D eigenvalue weighted by Crippen LogP contribution is -1.99. The van der Waals surface area contributed by atoms with Gasteiger partial charge in [0.15, 0.2) is 0 Å². The summed E-state index contributed by atoms with van der Waals surface area (Å²) in [4.78, 5) is 3.93. The van der Waals surface area contributed by atoms with Crippen molar-refractivity contribution in [2.75, 3.05) is 0 Å². The normalized spacial score (nSPS) is 22.0. The van der Waals surface area contributed by atoms with E-state index in [9.17, 15) is 12.3 Å². The quantitative estimate of drug-likeness (QED) is 0.185. The van der Waals surface area contributed by atoms with Crippen molar-refractivity contribution in [2.45, 2.75) is 13.2 Å². The summed E-state index contributed by atoms with van der Waals surface area (Å²) in [5.41, 5.74) is -7.96. The molecule has 0 bridgehead atoms. The molecule has 0 aliphatic rings. The Morgan fingerprint density at radius 1 is 0.558 bits per heavy atom. The molecule has 0 atom stereocenters. The first-order valence-corrected chi connectivity index (χ1v) is 12.4. The lowest BCUT2D eigenvalue weighted by Gasteiger charge is -2.19. The number of nitrogens with zero attached hydrogens (tertiary/aromatic N) is 2. The fourth-order valence-corrected chi connectivity index (χ4v) is 4.74. The number of fused-ring (bicyclic) bond motifs is 3. The Balaban J connectivity index is 1.69. The maximum Gasteiger partial charge on any atom is 0.114 e. The largest absolute Gasteiger partial charge is 0.296 e. The number of aryl methyl sites for hydroxylation is 1. The van der Waals surface area contributed by atoms with Gasteiger partial charge in [-0.3, -0.25) is 4.57 Å². The molecule has 0 unspecified atom stereocenters. The minimum absolute atomic E-state index is 0.381. The van der Waals surface area contributed by atoms with Gasteiger partial charge in [0.1, 0.15) is 5.82 Å². The Morgan fingerprint density at radius 3 is 1.79 bits per heavy atom. The molecule has 0 N–H and O–H groups in total. The molecule has 8 aromatic rings. The Bertz CT molecular complexity index is 3780. The summed E-state index contributed by atoms with van der Waals surface area (Å²) in [5.74, 6) is -1.22. The van der Waals surface area contributed by atoms with Crippen molar-refractivity contribution in [3.8, 4) is 39.1 Å². The number of benzene rings is 7. The van der Waals surface area contributed by atoms with Gasteiger partial charge in [-0.05, 0) is 85.1 Å². The maximum atomic E-state index is 9.94. The molecular formula is C41H30N2. The van der Waals surface area contributed by atoms with Crippen molar-refractivity contribution in [3.63, 3.8) is 0 Å². The van der Waals surface area contributed by atoms with Gasteiger partial charge in [0, 0.05) is 18.9 Å². The highest BCUT2D eigenvalue weighted by atomic mass is 15.1. The van der Waals surface area contributed by atoms with Crippen LogP contribution in [0.4, 0.5) is 0 Å². The molecule has 0 aliphatic heterocycles. The second kappa shape index (κ2) is 10.4. The number of hydrogen-bond donors (Lipinski definition) is 0. The number of rotatable bonds is 5. The van der Waals surface area contributed by atoms with Crippen LogP contribution in [0.2, 0.25) is 0 Å². The molecule has 43 heavy (non-hydrogen) atoms. The Labute approximate surface area is 293 Å². The molecule has 0 saturated heterocycles. The molecule has 0 aliphatic carbocycles. The van der Waals surface area contributed by atoms with Gasteiger partial charge in [-0.2, -0.15) is 0 Å². The van der Waals surface area contributed by atoms with Crippen LogP contribution in [0.1, 0.15) is 53.8 Å². The van der Waals surface area contributed by atoms with Crippen LogP contribution >= 0.6 is 0 Å². The first-order chi connectivity index (χ1) is 33.6. The minimum atomic E-state index is -3.63. The van der Waals surface area contributed by atoms with Crippen molar-refractivity contribution in [3.05, 3.63) is 157 Å². The van der Waals surface area contributed by atoms with Crippen molar-refractivity contribution in [1.29, 1.82) is 0 Å². The molecule has 1 heterocycles. The molecule has 0 radical (unpaired) electrons. The fraction of sp³-hybridized carbons (Fsp3) is 0.0488. The van der Waals surface area contributed by atoms with E-state index in [1.165, 1.54) is 0 Å². The standard InChI is InChI=1S/C41H30N2/c1-2-39-42-37-19-11-12-20-38(37)43(39)32-24-21-28(22-25-32)31-23-26-35-36(27-31)41(30-15-7-4-8-16-30)34-18-10-9-17-33(34)40(35)29-13-5-3-6-14-29/h3-27H,2H2,1H3/i1D3,2D2,3D,4D,5D,6D,7D,8D,9D,10D,11D,12D,13D,14D,15D,16D,17D,18D,19D,20D,21D,22D,23D,24D,25D,26D,27D. The molecule has 0 spiro atoms. The van der Waals surface area contributed by atoms with Crippen LogP contribution in [0.15, 0.2) is 151 Å². The Hall–Kier alpha value is -5.47. The predicted octanol–water partition coefficient (Wildman–Crippen LogP) is 10.9. The van der Waals surface area contributed by atoms with Gasteiger partial charge >= 0.3 is 0 Å². The number of para-hydroxylation sites is 2. The smallest absolute Gasteiger partial charge is 0.114 e. The van der Waals surface area contributed by atoms with Crippen LogP contribution in [-0.2, 0) is 6.37 Å². The van der Waals surface area contributed by atoms with E-state index in [0.29, 0.717) is 4.57 Å². The average molecular weight is 581 g/mol. The highest BCUT2D eigenvalue weighted by Crippen LogP contribution is 2.44. The second-order valence-electron chi connectivity index (χ2n) is 8.82. The third kappa shape index (κ3) is 4.23. The highest BCUT2D eigenvalue weighted by molar-refractivity contribution is 6.21. The highest BCUT2D eigenvalue weighted by Gasteiger charge is 2.17. The lowest BCUT2D eigenvalue weighted by atomic mass is 9.85. The third-order valence-corrected chi connectivity index (χ3v) is 6.50. The average Bonchev–Trinajstić information content (AvgIpc) is 3.74. The summed E-state index contributed by atoms with van der Waals surface area (Å²) in [6.07, 6.45) is -3.59. The van der Waals surface area contributed by atoms with Gasteiger partial charge in [0.25, 0.3) is 0 Å². The van der Waals surface area contributed by atoms with Crippen LogP contribution in [0.3, 0.4) is 0 Å². The van der Waals surface area contributed by atoms with Crippen LogP contribution in [0, 0.1) is 0 Å². The second-order valence-corrected chi connectivity index (χ2v) is 8.82. The maximum absolute atomic E-state index is 9.94. The summed E-state index contributed by atoms with van der Waals surface area (Å²) in [5, 5.41) is -3.26. The first-order valence-electron chi connectivity index (χ1n) is 27.4. The zero-order chi connectivity index (χ0) is 54.8. The summed E-state index contributed by atoms with van der Waals surface area (Å²) >= 11 is 0. The fourth-order valence-electron chi connectivity index (χ4n) is 4.74. The summed E-state index contributed by atoms with van der Waals surface area (Å²) in [6, 6.07) is -26.3. The number of hydrogen-bond acceptors (Lipinski definition) is 1. The Kier molecular flexibility index (Phi) is 2.18. The molecule has 7 aromatic carbocycles. The van der Waals surface area contributed by atoms with E-state index >= 15 is 0 Å². The molecule has 2 nitrogen and oxygen atoms in total. The third-order valence-electron chi connectivity index (χ3n) is 6.50. The van der Waals surface area contributed by atoms with E-state index in [0.717, 1.165) is 0 Å². The summed E-state index contributed by atoms with van der Waals surface area (Å²) in [7, 11) is 0. The molecule has 2 heteroatoms. The molecular weight excluding hydrogens is 520 g/mol. The van der Waals surface area contributed by atoms with E-state index in [1.807, 2.05) is 0 Å². The van der Waals surface area contributed by atoms with Crippen molar-refractivity contribution >= 4 is 32.6 Å². The summed E-state index contributed by atoms with van der Waals surface area (Å²) in [6.45, 7) is -3.63. The van der Waals surface area contributed by atoms with Crippen molar-refractivity contribution < 1.29 is 41.1 Å². The molecule has 1 aromatic heterocycles. The van der Waals surface area contributed by atoms with E-state index in [4.69, 9.17) is 28.8 Å². The number of aromatic nitrogens is 2. The SMILES string of the molecule is [2H]c1c([2H])c([2H])c(-c2c3c([2H])c([2H])c([2H])c([2H])c3c(-c3c([2H])c([2H])c([2H])c([2H])c3[2H])c3c([2H])c(-c4c([2H])c([2H])c(-n5c(C([2H])([2H])C([2H])([2H])[2H])nc6c([2H])c([2H])c([2H])c([2H])c65)c([2H])c4[2H])c([2H])c([2H])c23)c([2H])c1[2H]. The number of imidazole rings is 1. The molecule has 204 valence electrons. The Morgan fingerprint density at radius 2 is 1.12 bits per heavy atom. The molecule has 0 saturated carbocycles. The monoisotopic (exact) mass is 580 g/mol. The summed E-state index contributed by atoms with van der Waals surface area (Å²) < 4.78 is 265. The van der Waals surface area contributed by atoms with E-state index < -0.39 is 242 Å². The van der Waals surface area contributed by atoms with Gasteiger partial charge in [-0.25, -0.2) is 4.98 Å². The van der Waals surface area contributed by atoms with Crippen LogP contribution in [0.25, 0.3) is 71.6 Å². The van der Waals surface area contributed by atoms with Gasteiger partial charge in [-0.15, -0.1) is 0 Å². The van der Waals surface area contributed by atoms with Gasteiger partial charge in [0.2, 0.25) is 0 Å². The van der Waals surface area contributed by atoms with Crippen LogP contribution < -0.4 is 0 Å². The van der Waals surface area contributed by atoms with Gasteiger partial charge in [0.05, 0.1) is 45.3 Å². The van der Waals surface area contributed by atoms with E-state index in [2.05, 4.69) is 4.98 Å². The van der Waals surface area contributed by atoms with Crippen LogP contribution in [-0.4, -0.2) is 9.55 Å². The molecule has 0 amide bonds. The minimum Gasteiger partial charge on any atom is -0.296 e. The predicted molar refractivity (Wildman–Crippen MR) is 182 cm³/mol. The lowest BCUT2D eigenvalue weighted by molar-refractivity contribution is 0.908. The van der Waals surface area contributed by atoms with E-state index in [1.54, 1.807) is 0 Å². The van der Waals surface area contributed by atoms with E-state index in [-0.39, 0.29) is 0 Å². The first kappa shape index (κ1) is 9.02. The topological polar surface area (TPSA) is 17.8 Å². The van der Waals surface area contributed by atoms with Gasteiger partial charge < -0.3 is 0 Å². The van der Waals surface area contributed by atoms with Crippen LogP contribution in [0.5, 0.6) is 0 Å². The zero-order valence-electron chi connectivity index (χ0n) is 51.4. The molecule has 8 rings (SSSR count). The van der Waals surface area contributed by atoms with Crippen molar-refractivity contribution in [2.24, 2.45) is 0 Å². The van der Waals surface area contributed by atoms with Crippen molar-refractivity contribution in [1.82, 2.24) is 9.55 Å². The van der Waals surface area contributed by atoms with Gasteiger partial charge in [-0.1, -0.05) is 128 Å². The zero-order valence-corrected chi connectivity index (χ0v) is 21.4.